The summed E-state index contributed by atoms with van der Waals surface area (Å²) < 4.78 is 0. The second kappa shape index (κ2) is 8.93. The molecule has 2 aromatic rings. The van der Waals surface area contributed by atoms with Gasteiger partial charge in [0.25, 0.3) is 0 Å². The van der Waals surface area contributed by atoms with Gasteiger partial charge in [0.1, 0.15) is 0 Å². The summed E-state index contributed by atoms with van der Waals surface area (Å²) in [6, 6.07) is 16.0. The lowest BCUT2D eigenvalue weighted by Crippen LogP contribution is -2.34. The maximum absolute atomic E-state index is 11.9. The number of carbonyl (C=O) groups is 2. The van der Waals surface area contributed by atoms with E-state index in [1.54, 1.807) is 18.2 Å². The quantitative estimate of drug-likeness (QED) is 0.746. The van der Waals surface area contributed by atoms with Crippen LogP contribution in [0.15, 0.2) is 54.6 Å². The molecule has 126 valence electrons. The lowest BCUT2D eigenvalue weighted by atomic mass is 10.1. The van der Waals surface area contributed by atoms with Crippen LogP contribution >= 0.6 is 11.6 Å². The van der Waals surface area contributed by atoms with E-state index in [0.29, 0.717) is 10.7 Å². The number of carbonyl (C=O) groups excluding carboxylic acids is 2. The molecule has 0 heterocycles. The molecule has 0 aliphatic heterocycles. The van der Waals surface area contributed by atoms with Crippen molar-refractivity contribution in [1.82, 2.24) is 10.6 Å². The Morgan fingerprint density at radius 3 is 2.54 bits per heavy atom. The van der Waals surface area contributed by atoms with E-state index in [1.165, 1.54) is 0 Å². The third kappa shape index (κ3) is 5.93. The Balaban J connectivity index is 1.70. The van der Waals surface area contributed by atoms with Crippen LogP contribution in [0.25, 0.3) is 0 Å². The molecular formula is C18H20ClN3O2. The van der Waals surface area contributed by atoms with Gasteiger partial charge in [-0.05, 0) is 36.8 Å². The molecule has 24 heavy (non-hydrogen) atoms. The highest BCUT2D eigenvalue weighted by Gasteiger charge is 2.10. The number of halogens is 1. The van der Waals surface area contributed by atoms with Crippen molar-refractivity contribution in [2.45, 2.75) is 19.4 Å². The van der Waals surface area contributed by atoms with Gasteiger partial charge < -0.3 is 16.0 Å². The largest absolute Gasteiger partial charge is 0.350 e. The van der Waals surface area contributed by atoms with Gasteiger partial charge in [-0.2, -0.15) is 0 Å². The Morgan fingerprint density at radius 1 is 1.08 bits per heavy atom. The maximum Gasteiger partial charge on any atom is 0.319 e. The van der Waals surface area contributed by atoms with Gasteiger partial charge in [0, 0.05) is 23.7 Å². The zero-order chi connectivity index (χ0) is 17.4. The fourth-order valence-electron chi connectivity index (χ4n) is 2.16. The Kier molecular flexibility index (Phi) is 6.63. The number of amides is 3. The van der Waals surface area contributed by atoms with Crippen LogP contribution < -0.4 is 16.0 Å². The highest BCUT2D eigenvalue weighted by molar-refractivity contribution is 6.30. The molecule has 0 saturated carbocycles. The average molecular weight is 346 g/mol. The molecule has 0 aliphatic rings. The molecule has 3 amide bonds. The van der Waals surface area contributed by atoms with E-state index in [9.17, 15) is 9.59 Å². The molecule has 1 atom stereocenters. The van der Waals surface area contributed by atoms with Gasteiger partial charge in [-0.1, -0.05) is 41.9 Å². The number of benzene rings is 2. The van der Waals surface area contributed by atoms with Crippen LogP contribution in [-0.4, -0.2) is 18.5 Å². The fraction of sp³-hybridized carbons (Fsp3) is 0.222. The summed E-state index contributed by atoms with van der Waals surface area (Å²) in [7, 11) is 0. The lowest BCUT2D eigenvalue weighted by molar-refractivity contribution is -0.121. The first-order valence-corrected chi connectivity index (χ1v) is 8.07. The summed E-state index contributed by atoms with van der Waals surface area (Å²) in [6.07, 6.45) is 0.202. The third-order valence-corrected chi connectivity index (χ3v) is 3.63. The van der Waals surface area contributed by atoms with Crippen LogP contribution in [-0.2, 0) is 4.79 Å². The van der Waals surface area contributed by atoms with Crippen molar-refractivity contribution in [3.8, 4) is 0 Å². The zero-order valence-electron chi connectivity index (χ0n) is 13.4. The van der Waals surface area contributed by atoms with E-state index >= 15 is 0 Å². The van der Waals surface area contributed by atoms with Gasteiger partial charge in [0.05, 0.1) is 6.04 Å². The van der Waals surface area contributed by atoms with Gasteiger partial charge >= 0.3 is 6.03 Å². The van der Waals surface area contributed by atoms with Gasteiger partial charge in [0.2, 0.25) is 5.91 Å². The number of anilines is 1. The zero-order valence-corrected chi connectivity index (χ0v) is 14.1. The molecule has 2 rings (SSSR count). The van der Waals surface area contributed by atoms with Crippen molar-refractivity contribution in [1.29, 1.82) is 0 Å². The van der Waals surface area contributed by atoms with Crippen LogP contribution in [0.4, 0.5) is 10.5 Å². The van der Waals surface area contributed by atoms with Crippen molar-refractivity contribution in [2.24, 2.45) is 0 Å². The number of para-hydroxylation sites is 1. The molecule has 0 bridgehead atoms. The molecule has 6 heteroatoms. The highest BCUT2D eigenvalue weighted by Crippen LogP contribution is 2.17. The molecule has 0 saturated heterocycles. The topological polar surface area (TPSA) is 70.2 Å². The van der Waals surface area contributed by atoms with Gasteiger partial charge in [-0.25, -0.2) is 4.79 Å². The van der Waals surface area contributed by atoms with E-state index in [-0.39, 0.29) is 30.9 Å². The van der Waals surface area contributed by atoms with E-state index < -0.39 is 0 Å². The van der Waals surface area contributed by atoms with Crippen LogP contribution in [0.3, 0.4) is 0 Å². The van der Waals surface area contributed by atoms with Gasteiger partial charge in [0.15, 0.2) is 0 Å². The first-order valence-electron chi connectivity index (χ1n) is 7.69. The Labute approximate surface area is 146 Å². The molecule has 0 radical (unpaired) electrons. The van der Waals surface area contributed by atoms with Crippen LogP contribution in [0.5, 0.6) is 0 Å². The molecular weight excluding hydrogens is 326 g/mol. The number of nitrogens with one attached hydrogen (secondary N) is 3. The lowest BCUT2D eigenvalue weighted by Gasteiger charge is -2.15. The predicted octanol–water partition coefficient (Wildman–Crippen LogP) is 3.73. The van der Waals surface area contributed by atoms with E-state index in [1.807, 2.05) is 43.3 Å². The number of hydrogen-bond acceptors (Lipinski definition) is 2. The minimum atomic E-state index is -0.336. The van der Waals surface area contributed by atoms with E-state index in [4.69, 9.17) is 11.6 Å². The van der Waals surface area contributed by atoms with Gasteiger partial charge in [-0.3, -0.25) is 4.79 Å². The minimum Gasteiger partial charge on any atom is -0.350 e. The van der Waals surface area contributed by atoms with Crippen LogP contribution in [0.1, 0.15) is 24.9 Å². The summed E-state index contributed by atoms with van der Waals surface area (Å²) in [6.45, 7) is 2.14. The highest BCUT2D eigenvalue weighted by atomic mass is 35.5. The first-order chi connectivity index (χ1) is 11.5. The standard InChI is InChI=1S/C18H20ClN3O2/c1-13(14-6-5-7-15(19)12-14)21-17(23)10-11-20-18(24)22-16-8-3-2-4-9-16/h2-9,12-13H,10-11H2,1H3,(H,21,23)(H2,20,22,24)/t13-/m1/s1. The van der Waals surface area contributed by atoms with Crippen molar-refractivity contribution in [2.75, 3.05) is 11.9 Å². The third-order valence-electron chi connectivity index (χ3n) is 3.40. The van der Waals surface area contributed by atoms with Gasteiger partial charge in [-0.15, -0.1) is 0 Å². The first kappa shape index (κ1) is 17.8. The molecule has 5 nitrogen and oxygen atoms in total. The van der Waals surface area contributed by atoms with Crippen LogP contribution in [0, 0.1) is 0 Å². The van der Waals surface area contributed by atoms with Crippen molar-refractivity contribution in [3.63, 3.8) is 0 Å². The Hall–Kier alpha value is -2.53. The van der Waals surface area contributed by atoms with E-state index in [0.717, 1.165) is 5.56 Å². The second-order valence-corrected chi connectivity index (χ2v) is 5.78. The molecule has 0 aliphatic carbocycles. The summed E-state index contributed by atoms with van der Waals surface area (Å²) in [5, 5.41) is 8.85. The smallest absolute Gasteiger partial charge is 0.319 e. The summed E-state index contributed by atoms with van der Waals surface area (Å²) in [5.74, 6) is -0.137. The van der Waals surface area contributed by atoms with Crippen LogP contribution in [0.2, 0.25) is 5.02 Å². The summed E-state index contributed by atoms with van der Waals surface area (Å²) in [4.78, 5) is 23.6. The maximum atomic E-state index is 11.9. The fourth-order valence-corrected chi connectivity index (χ4v) is 2.36. The number of hydrogen-bond donors (Lipinski definition) is 3. The minimum absolute atomic E-state index is 0.137. The monoisotopic (exact) mass is 345 g/mol. The van der Waals surface area contributed by atoms with E-state index in [2.05, 4.69) is 16.0 Å². The molecule has 0 spiro atoms. The molecule has 3 N–H and O–H groups in total. The van der Waals surface area contributed by atoms with Crippen molar-refractivity contribution in [3.05, 3.63) is 65.2 Å². The number of urea groups is 1. The molecule has 0 aromatic heterocycles. The predicted molar refractivity (Wildman–Crippen MR) is 96.1 cm³/mol. The van der Waals surface area contributed by atoms with Crippen molar-refractivity contribution < 1.29 is 9.59 Å². The SMILES string of the molecule is C[C@@H](NC(=O)CCNC(=O)Nc1ccccc1)c1cccc(Cl)c1. The Bertz CT molecular complexity index is 692. The molecule has 2 aromatic carbocycles. The average Bonchev–Trinajstić information content (AvgIpc) is 2.55. The molecule has 0 unspecified atom stereocenters. The number of rotatable bonds is 6. The van der Waals surface area contributed by atoms with Crippen molar-refractivity contribution >= 4 is 29.2 Å². The summed E-state index contributed by atoms with van der Waals surface area (Å²) in [5.41, 5.74) is 1.64. The molecule has 0 fully saturated rings. The summed E-state index contributed by atoms with van der Waals surface area (Å²) >= 11 is 5.94. The normalized spacial score (nSPS) is 11.4. The second-order valence-electron chi connectivity index (χ2n) is 5.34. The Morgan fingerprint density at radius 2 is 1.83 bits per heavy atom.